The highest BCUT2D eigenvalue weighted by molar-refractivity contribution is 5.75. The fourth-order valence-electron chi connectivity index (χ4n) is 2.23. The molecule has 1 aromatic carbocycles. The van der Waals surface area contributed by atoms with Crippen LogP contribution in [-0.2, 0) is 16.0 Å². The minimum absolute atomic E-state index is 0.285. The van der Waals surface area contributed by atoms with E-state index in [9.17, 15) is 4.79 Å². The monoisotopic (exact) mass is 219 g/mol. The maximum absolute atomic E-state index is 11.4. The summed E-state index contributed by atoms with van der Waals surface area (Å²) >= 11 is 0. The van der Waals surface area contributed by atoms with Gasteiger partial charge >= 0.3 is 5.97 Å². The smallest absolute Gasteiger partial charge is 0.322 e. The van der Waals surface area contributed by atoms with Crippen molar-refractivity contribution in [2.24, 2.45) is 5.73 Å². The Morgan fingerprint density at radius 1 is 1.56 bits per heavy atom. The van der Waals surface area contributed by atoms with Gasteiger partial charge in [-0.3, -0.25) is 4.79 Å². The Kier molecular flexibility index (Phi) is 3.25. The lowest BCUT2D eigenvalue weighted by Gasteiger charge is -2.31. The van der Waals surface area contributed by atoms with E-state index in [0.29, 0.717) is 18.9 Å². The lowest BCUT2D eigenvalue weighted by molar-refractivity contribution is -0.145. The van der Waals surface area contributed by atoms with E-state index in [1.165, 1.54) is 11.1 Å². The van der Waals surface area contributed by atoms with Crippen molar-refractivity contribution >= 4 is 5.97 Å². The molecular formula is C13H17NO2. The number of carbonyl (C=O) groups excluding carboxylic acids is 1. The molecule has 16 heavy (non-hydrogen) atoms. The van der Waals surface area contributed by atoms with Crippen LogP contribution in [0.4, 0.5) is 0 Å². The zero-order valence-corrected chi connectivity index (χ0v) is 9.48. The Bertz CT molecular complexity index is 389. The third kappa shape index (κ3) is 2.09. The third-order valence-electron chi connectivity index (χ3n) is 3.09. The lowest BCUT2D eigenvalue weighted by atomic mass is 9.74. The number of nitrogens with two attached hydrogens (primary N) is 1. The molecule has 1 aliphatic rings. The van der Waals surface area contributed by atoms with Crippen LogP contribution in [0.1, 0.15) is 30.4 Å². The van der Waals surface area contributed by atoms with Gasteiger partial charge < -0.3 is 10.5 Å². The van der Waals surface area contributed by atoms with Crippen molar-refractivity contribution < 1.29 is 9.53 Å². The zero-order valence-electron chi connectivity index (χ0n) is 9.48. The average Bonchev–Trinajstić information content (AvgIpc) is 2.26. The van der Waals surface area contributed by atoms with E-state index in [2.05, 4.69) is 12.1 Å². The number of benzene rings is 1. The van der Waals surface area contributed by atoms with Gasteiger partial charge in [0.25, 0.3) is 0 Å². The van der Waals surface area contributed by atoms with E-state index in [4.69, 9.17) is 10.5 Å². The molecule has 0 spiro atoms. The van der Waals surface area contributed by atoms with E-state index < -0.39 is 6.04 Å². The Hall–Kier alpha value is -1.35. The molecule has 0 fully saturated rings. The molecule has 0 saturated carbocycles. The molecule has 3 nitrogen and oxygen atoms in total. The first-order valence-electron chi connectivity index (χ1n) is 5.72. The Labute approximate surface area is 95.6 Å². The summed E-state index contributed by atoms with van der Waals surface area (Å²) in [6, 6.07) is 7.82. The van der Waals surface area contributed by atoms with Crippen LogP contribution in [0.3, 0.4) is 0 Å². The van der Waals surface area contributed by atoms with Crippen LogP contribution < -0.4 is 5.73 Å². The molecule has 2 atom stereocenters. The highest BCUT2D eigenvalue weighted by Gasteiger charge is 2.29. The van der Waals surface area contributed by atoms with Crippen LogP contribution >= 0.6 is 0 Å². The van der Waals surface area contributed by atoms with Gasteiger partial charge in [-0.1, -0.05) is 24.3 Å². The fraction of sp³-hybridized carbons (Fsp3) is 0.462. The number of fused-ring (bicyclic) bond motifs is 1. The van der Waals surface area contributed by atoms with Crippen molar-refractivity contribution in [2.75, 3.05) is 6.61 Å². The van der Waals surface area contributed by atoms with E-state index in [-0.39, 0.29) is 5.97 Å². The molecule has 0 aromatic heterocycles. The highest BCUT2D eigenvalue weighted by Crippen LogP contribution is 2.37. The molecule has 0 heterocycles. The summed E-state index contributed by atoms with van der Waals surface area (Å²) in [6.07, 6.45) is 1.72. The molecule has 1 aliphatic carbocycles. The Morgan fingerprint density at radius 3 is 3.00 bits per heavy atom. The second-order valence-corrected chi connectivity index (χ2v) is 4.19. The molecule has 86 valence electrons. The quantitative estimate of drug-likeness (QED) is 0.783. The van der Waals surface area contributed by atoms with Gasteiger partial charge in [-0.15, -0.1) is 0 Å². The standard InChI is InChI=1S/C13H17NO2/c1-2-16-13(15)12(14)8-10-7-9-5-3-4-6-11(9)10/h3-6,10,12H,2,7-8,14H2,1H3. The summed E-state index contributed by atoms with van der Waals surface area (Å²) in [5.41, 5.74) is 8.51. The molecule has 2 unspecified atom stereocenters. The first kappa shape index (κ1) is 11.1. The average molecular weight is 219 g/mol. The molecule has 0 radical (unpaired) electrons. The van der Waals surface area contributed by atoms with Crippen LogP contribution in [0.25, 0.3) is 0 Å². The van der Waals surface area contributed by atoms with Gasteiger partial charge in [-0.05, 0) is 36.8 Å². The molecule has 3 heteroatoms. The summed E-state index contributed by atoms with van der Waals surface area (Å²) < 4.78 is 4.90. The summed E-state index contributed by atoms with van der Waals surface area (Å²) in [5.74, 6) is 0.141. The van der Waals surface area contributed by atoms with E-state index in [1.54, 1.807) is 6.92 Å². The minimum Gasteiger partial charge on any atom is -0.465 e. The fourth-order valence-corrected chi connectivity index (χ4v) is 2.23. The van der Waals surface area contributed by atoms with E-state index in [1.807, 2.05) is 12.1 Å². The molecule has 0 aliphatic heterocycles. The van der Waals surface area contributed by atoms with Crippen LogP contribution in [0.2, 0.25) is 0 Å². The molecule has 0 amide bonds. The first-order chi connectivity index (χ1) is 7.72. The molecule has 0 bridgehead atoms. The van der Waals surface area contributed by atoms with Gasteiger partial charge in [0.05, 0.1) is 6.61 Å². The van der Waals surface area contributed by atoms with Crippen LogP contribution in [0, 0.1) is 0 Å². The largest absolute Gasteiger partial charge is 0.465 e. The number of esters is 1. The van der Waals surface area contributed by atoms with Gasteiger partial charge in [-0.2, -0.15) is 0 Å². The van der Waals surface area contributed by atoms with Gasteiger partial charge in [0.15, 0.2) is 0 Å². The van der Waals surface area contributed by atoms with Gasteiger partial charge in [0, 0.05) is 0 Å². The predicted molar refractivity (Wildman–Crippen MR) is 62.1 cm³/mol. The minimum atomic E-state index is -0.488. The lowest BCUT2D eigenvalue weighted by Crippen LogP contribution is -2.36. The number of ether oxygens (including phenoxy) is 1. The molecule has 2 rings (SSSR count). The van der Waals surface area contributed by atoms with Crippen molar-refractivity contribution in [2.45, 2.75) is 31.7 Å². The topological polar surface area (TPSA) is 52.3 Å². The Balaban J connectivity index is 1.91. The summed E-state index contributed by atoms with van der Waals surface area (Å²) in [7, 11) is 0. The predicted octanol–water partition coefficient (Wildman–Crippen LogP) is 1.61. The number of carbonyl (C=O) groups is 1. The van der Waals surface area contributed by atoms with Gasteiger partial charge in [0.2, 0.25) is 0 Å². The van der Waals surface area contributed by atoms with E-state index >= 15 is 0 Å². The number of hydrogen-bond donors (Lipinski definition) is 1. The van der Waals surface area contributed by atoms with Crippen molar-refractivity contribution in [3.05, 3.63) is 35.4 Å². The molecule has 2 N–H and O–H groups in total. The maximum atomic E-state index is 11.4. The van der Waals surface area contributed by atoms with Crippen LogP contribution in [-0.4, -0.2) is 18.6 Å². The normalized spacial score (nSPS) is 19.5. The van der Waals surface area contributed by atoms with Gasteiger partial charge in [-0.25, -0.2) is 0 Å². The van der Waals surface area contributed by atoms with Crippen molar-refractivity contribution in [3.63, 3.8) is 0 Å². The highest BCUT2D eigenvalue weighted by atomic mass is 16.5. The third-order valence-corrected chi connectivity index (χ3v) is 3.09. The second-order valence-electron chi connectivity index (χ2n) is 4.19. The maximum Gasteiger partial charge on any atom is 0.322 e. The van der Waals surface area contributed by atoms with Crippen LogP contribution in [0.15, 0.2) is 24.3 Å². The first-order valence-corrected chi connectivity index (χ1v) is 5.72. The number of hydrogen-bond acceptors (Lipinski definition) is 3. The van der Waals surface area contributed by atoms with Gasteiger partial charge in [0.1, 0.15) is 6.04 Å². The SMILES string of the molecule is CCOC(=O)C(N)CC1Cc2ccccc21. The van der Waals surface area contributed by atoms with Crippen molar-refractivity contribution in [3.8, 4) is 0 Å². The van der Waals surface area contributed by atoms with E-state index in [0.717, 1.165) is 6.42 Å². The summed E-state index contributed by atoms with van der Waals surface area (Å²) in [5, 5.41) is 0. The van der Waals surface area contributed by atoms with Crippen molar-refractivity contribution in [1.82, 2.24) is 0 Å². The molecule has 1 aromatic rings. The molecular weight excluding hydrogens is 202 g/mol. The van der Waals surface area contributed by atoms with Crippen LogP contribution in [0.5, 0.6) is 0 Å². The Morgan fingerprint density at radius 2 is 2.31 bits per heavy atom. The summed E-state index contributed by atoms with van der Waals surface area (Å²) in [4.78, 5) is 11.4. The number of rotatable bonds is 4. The second kappa shape index (κ2) is 4.66. The van der Waals surface area contributed by atoms with Crippen molar-refractivity contribution in [1.29, 1.82) is 0 Å². The molecule has 0 saturated heterocycles. The zero-order chi connectivity index (χ0) is 11.5. The summed E-state index contributed by atoms with van der Waals surface area (Å²) in [6.45, 7) is 2.19.